The number of nitrogens with one attached hydrogen (secondary N) is 1. The van der Waals surface area contributed by atoms with E-state index in [1.807, 2.05) is 60.7 Å². The molecule has 0 amide bonds. The predicted octanol–water partition coefficient (Wildman–Crippen LogP) is 4.28. The molecular formula is C29H22N6O4. The van der Waals surface area contributed by atoms with E-state index in [1.54, 1.807) is 28.9 Å². The van der Waals surface area contributed by atoms with E-state index < -0.39 is 5.97 Å². The number of hydrogen-bond acceptors (Lipinski definition) is 8. The molecule has 3 heterocycles. The highest BCUT2D eigenvalue weighted by Crippen LogP contribution is 2.23. The smallest absolute Gasteiger partial charge is 0.308 e. The first-order chi connectivity index (χ1) is 19.0. The van der Waals surface area contributed by atoms with Crippen molar-refractivity contribution < 1.29 is 14.3 Å². The number of tetrazole rings is 1. The number of pyridine rings is 2. The summed E-state index contributed by atoms with van der Waals surface area (Å²) in [7, 11) is 0. The maximum absolute atomic E-state index is 12.8. The summed E-state index contributed by atoms with van der Waals surface area (Å²) in [5.41, 5.74) is 3.28. The minimum absolute atomic E-state index is 0.301. The summed E-state index contributed by atoms with van der Waals surface area (Å²) in [5.74, 6) is 0.981. The van der Waals surface area contributed by atoms with Crippen LogP contribution in [0.5, 0.6) is 11.5 Å². The third-order valence-corrected chi connectivity index (χ3v) is 6.15. The molecule has 0 radical (unpaired) electrons. The molecule has 0 aliphatic rings. The van der Waals surface area contributed by atoms with Crippen LogP contribution < -0.4 is 15.0 Å². The van der Waals surface area contributed by atoms with Crippen molar-refractivity contribution in [3.63, 3.8) is 0 Å². The number of rotatable bonds is 7. The molecule has 0 saturated carbocycles. The first-order valence-electron chi connectivity index (χ1n) is 12.2. The predicted molar refractivity (Wildman–Crippen MR) is 144 cm³/mol. The summed E-state index contributed by atoms with van der Waals surface area (Å²) >= 11 is 0. The molecule has 6 rings (SSSR count). The Kier molecular flexibility index (Phi) is 6.26. The molecule has 6 aromatic rings. The van der Waals surface area contributed by atoms with Gasteiger partial charge in [-0.25, -0.2) is 9.67 Å². The summed E-state index contributed by atoms with van der Waals surface area (Å²) in [4.78, 5) is 31.6. The molecule has 0 unspecified atom stereocenters. The van der Waals surface area contributed by atoms with E-state index in [-0.39, 0.29) is 5.56 Å². The lowest BCUT2D eigenvalue weighted by Gasteiger charge is -2.09. The first-order valence-corrected chi connectivity index (χ1v) is 12.2. The second kappa shape index (κ2) is 10.2. The number of ether oxygens (including phenoxy) is 2. The molecule has 1 N–H and O–H groups in total. The minimum Gasteiger partial charge on any atom is -0.487 e. The van der Waals surface area contributed by atoms with E-state index in [0.717, 1.165) is 22.2 Å². The Balaban J connectivity index is 1.18. The van der Waals surface area contributed by atoms with Gasteiger partial charge in [0.1, 0.15) is 18.1 Å². The molecular weight excluding hydrogens is 496 g/mol. The van der Waals surface area contributed by atoms with Crippen LogP contribution in [-0.4, -0.2) is 36.1 Å². The first kappa shape index (κ1) is 24.0. The maximum atomic E-state index is 12.8. The average molecular weight is 519 g/mol. The molecule has 192 valence electrons. The van der Waals surface area contributed by atoms with E-state index >= 15 is 0 Å². The molecule has 0 spiro atoms. The average Bonchev–Trinajstić information content (AvgIpc) is 3.40. The monoisotopic (exact) mass is 518 g/mol. The number of H-pyrrole nitrogens is 1. The number of fused-ring (bicyclic) bond motifs is 2. The standard InChI is InChI=1S/C29H22N6O4/c1-18(36)39-24-12-13-27-21(14-24)15-25(29(37)31-27)28-32-33-34-35(28)16-19-6-10-23(11-7-19)38-17-22-9-8-20-4-2-3-5-26(20)30-22/h2-15H,16-17H2,1H3,(H,31,37). The van der Waals surface area contributed by atoms with E-state index in [0.29, 0.717) is 46.9 Å². The molecule has 39 heavy (non-hydrogen) atoms. The SMILES string of the molecule is CC(=O)Oc1ccc2[nH]c(=O)c(-c3nnnn3Cc3ccc(OCc4ccc5ccccc5n4)cc3)cc2c1. The number of benzene rings is 3. The van der Waals surface area contributed by atoms with E-state index in [4.69, 9.17) is 9.47 Å². The number of carbonyl (C=O) groups excluding carboxylic acids is 1. The number of esters is 1. The fraction of sp³-hybridized carbons (Fsp3) is 0.103. The van der Waals surface area contributed by atoms with Crippen LogP contribution in [0.1, 0.15) is 18.2 Å². The second-order valence-corrected chi connectivity index (χ2v) is 8.94. The van der Waals surface area contributed by atoms with Gasteiger partial charge in [-0.3, -0.25) is 9.59 Å². The summed E-state index contributed by atoms with van der Waals surface area (Å²) < 4.78 is 12.6. The quantitative estimate of drug-likeness (QED) is 0.245. The zero-order chi connectivity index (χ0) is 26.8. The van der Waals surface area contributed by atoms with Crippen LogP contribution in [0.3, 0.4) is 0 Å². The highest BCUT2D eigenvalue weighted by Gasteiger charge is 2.15. The maximum Gasteiger partial charge on any atom is 0.308 e. The van der Waals surface area contributed by atoms with E-state index in [2.05, 4.69) is 25.5 Å². The Morgan fingerprint density at radius 3 is 2.59 bits per heavy atom. The third kappa shape index (κ3) is 5.21. The molecule has 0 saturated heterocycles. The fourth-order valence-electron chi connectivity index (χ4n) is 4.29. The summed E-state index contributed by atoms with van der Waals surface area (Å²) in [6, 6.07) is 26.2. The van der Waals surface area contributed by atoms with Crippen molar-refractivity contribution in [2.75, 3.05) is 0 Å². The molecule has 0 aliphatic heterocycles. The van der Waals surface area contributed by atoms with Gasteiger partial charge in [0.05, 0.1) is 23.3 Å². The highest BCUT2D eigenvalue weighted by molar-refractivity contribution is 5.84. The van der Waals surface area contributed by atoms with Crippen molar-refractivity contribution in [3.05, 3.63) is 107 Å². The molecule has 3 aromatic carbocycles. The number of para-hydroxylation sites is 1. The highest BCUT2D eigenvalue weighted by atomic mass is 16.5. The third-order valence-electron chi connectivity index (χ3n) is 6.15. The van der Waals surface area contributed by atoms with Crippen LogP contribution in [0.15, 0.2) is 89.7 Å². The van der Waals surface area contributed by atoms with Crippen LogP contribution in [0.25, 0.3) is 33.2 Å². The minimum atomic E-state index is -0.426. The Labute approximate surface area is 221 Å². The van der Waals surface area contributed by atoms with Crippen LogP contribution in [-0.2, 0) is 17.9 Å². The molecule has 0 bridgehead atoms. The van der Waals surface area contributed by atoms with Gasteiger partial charge < -0.3 is 14.5 Å². The van der Waals surface area contributed by atoms with Crippen molar-refractivity contribution in [1.29, 1.82) is 0 Å². The van der Waals surface area contributed by atoms with Crippen molar-refractivity contribution in [3.8, 4) is 22.9 Å². The zero-order valence-electron chi connectivity index (χ0n) is 20.9. The largest absolute Gasteiger partial charge is 0.487 e. The van der Waals surface area contributed by atoms with Gasteiger partial charge in [-0.1, -0.05) is 36.4 Å². The zero-order valence-corrected chi connectivity index (χ0v) is 20.9. The Bertz CT molecular complexity index is 1880. The molecule has 0 atom stereocenters. The molecule has 10 heteroatoms. The van der Waals surface area contributed by atoms with Crippen LogP contribution in [0, 0.1) is 0 Å². The van der Waals surface area contributed by atoms with Gasteiger partial charge in [-0.05, 0) is 64.5 Å². The number of aromatic nitrogens is 6. The molecule has 0 fully saturated rings. The van der Waals surface area contributed by atoms with Crippen LogP contribution in [0.2, 0.25) is 0 Å². The van der Waals surface area contributed by atoms with Crippen molar-refractivity contribution in [1.82, 2.24) is 30.2 Å². The lowest BCUT2D eigenvalue weighted by molar-refractivity contribution is -0.131. The number of carbonyl (C=O) groups is 1. The van der Waals surface area contributed by atoms with Gasteiger partial charge in [-0.2, -0.15) is 0 Å². The van der Waals surface area contributed by atoms with Crippen LogP contribution >= 0.6 is 0 Å². The van der Waals surface area contributed by atoms with Gasteiger partial charge in [0.15, 0.2) is 5.82 Å². The number of aromatic amines is 1. The lowest BCUT2D eigenvalue weighted by Crippen LogP contribution is -2.13. The second-order valence-electron chi connectivity index (χ2n) is 8.94. The normalized spacial score (nSPS) is 11.1. The molecule has 3 aromatic heterocycles. The van der Waals surface area contributed by atoms with Crippen molar-refractivity contribution >= 4 is 27.8 Å². The summed E-state index contributed by atoms with van der Waals surface area (Å²) in [6.07, 6.45) is 0. The van der Waals surface area contributed by atoms with E-state index in [1.165, 1.54) is 6.92 Å². The Hall–Kier alpha value is -5.38. The van der Waals surface area contributed by atoms with Gasteiger partial charge in [-0.15, -0.1) is 5.10 Å². The van der Waals surface area contributed by atoms with Crippen molar-refractivity contribution in [2.45, 2.75) is 20.1 Å². The van der Waals surface area contributed by atoms with Gasteiger partial charge in [0.25, 0.3) is 5.56 Å². The lowest BCUT2D eigenvalue weighted by atomic mass is 10.1. The van der Waals surface area contributed by atoms with Crippen LogP contribution in [0.4, 0.5) is 0 Å². The number of nitrogens with zero attached hydrogens (tertiary/aromatic N) is 5. The Morgan fingerprint density at radius 2 is 1.74 bits per heavy atom. The topological polar surface area (TPSA) is 125 Å². The summed E-state index contributed by atoms with van der Waals surface area (Å²) in [6.45, 7) is 2.03. The number of hydrogen-bond donors (Lipinski definition) is 1. The van der Waals surface area contributed by atoms with Gasteiger partial charge in [0, 0.05) is 23.2 Å². The molecule has 0 aliphatic carbocycles. The molecule has 10 nitrogen and oxygen atoms in total. The van der Waals surface area contributed by atoms with Crippen molar-refractivity contribution in [2.24, 2.45) is 0 Å². The summed E-state index contributed by atoms with van der Waals surface area (Å²) in [5, 5.41) is 13.7. The van der Waals surface area contributed by atoms with Gasteiger partial charge >= 0.3 is 5.97 Å². The Morgan fingerprint density at radius 1 is 0.923 bits per heavy atom. The van der Waals surface area contributed by atoms with Gasteiger partial charge in [0.2, 0.25) is 0 Å². The fourth-order valence-corrected chi connectivity index (χ4v) is 4.29. The van der Waals surface area contributed by atoms with E-state index in [9.17, 15) is 9.59 Å².